The molecular weight excluding hydrogens is 337 g/mol. The molecule has 2 rings (SSSR count). The van der Waals surface area contributed by atoms with Crippen molar-refractivity contribution in [3.05, 3.63) is 52.8 Å². The van der Waals surface area contributed by atoms with Gasteiger partial charge in [-0.1, -0.05) is 0 Å². The molecule has 2 aromatic carbocycles. The molecule has 0 fully saturated rings. The zero-order valence-electron chi connectivity index (χ0n) is 12.3. The number of hydrogen-bond donors (Lipinski definition) is 1. The van der Waals surface area contributed by atoms with E-state index < -0.39 is 40.6 Å². The van der Waals surface area contributed by atoms with Gasteiger partial charge in [-0.25, -0.2) is 22.0 Å². The lowest BCUT2D eigenvalue weighted by Gasteiger charge is -2.11. The van der Waals surface area contributed by atoms with Crippen LogP contribution in [-0.4, -0.2) is 20.1 Å². The highest BCUT2D eigenvalue weighted by Gasteiger charge is 2.29. The van der Waals surface area contributed by atoms with Crippen LogP contribution in [0.5, 0.6) is 11.5 Å². The number of rotatable bonds is 4. The molecule has 1 amide bonds. The monoisotopic (exact) mass is 347 g/mol. The summed E-state index contributed by atoms with van der Waals surface area (Å²) in [5.74, 6) is -12.2. The number of hydrogen-bond acceptors (Lipinski definition) is 3. The van der Waals surface area contributed by atoms with Gasteiger partial charge in [0.2, 0.25) is 5.82 Å². The van der Waals surface area contributed by atoms with Crippen LogP contribution in [0.15, 0.2) is 18.2 Å². The van der Waals surface area contributed by atoms with Gasteiger partial charge in [0.15, 0.2) is 23.3 Å². The maximum atomic E-state index is 13.6. The summed E-state index contributed by atoms with van der Waals surface area (Å²) >= 11 is 0. The number of nitrogens with one attached hydrogen (secondary N) is 1. The number of carbonyl (C=O) groups is 1. The van der Waals surface area contributed by atoms with Gasteiger partial charge in [0.25, 0.3) is 5.91 Å². The fourth-order valence-corrected chi connectivity index (χ4v) is 1.88. The van der Waals surface area contributed by atoms with Gasteiger partial charge in [-0.2, -0.15) is 0 Å². The predicted molar refractivity (Wildman–Crippen MR) is 73.7 cm³/mol. The van der Waals surface area contributed by atoms with E-state index in [1.54, 1.807) is 0 Å². The van der Waals surface area contributed by atoms with E-state index in [-0.39, 0.29) is 17.2 Å². The molecule has 24 heavy (non-hydrogen) atoms. The summed E-state index contributed by atoms with van der Waals surface area (Å²) < 4.78 is 76.4. The molecule has 0 saturated carbocycles. The number of carbonyl (C=O) groups excluding carboxylic acids is 1. The van der Waals surface area contributed by atoms with Crippen molar-refractivity contribution < 1.29 is 36.2 Å². The van der Waals surface area contributed by atoms with Crippen LogP contribution in [0, 0.1) is 29.1 Å². The average molecular weight is 347 g/mol. The third-order valence-corrected chi connectivity index (χ3v) is 3.05. The minimum Gasteiger partial charge on any atom is -0.497 e. The number of methoxy groups -OCH3 is 2. The Labute approximate surface area is 132 Å². The number of amides is 1. The number of ether oxygens (including phenoxy) is 2. The summed E-state index contributed by atoms with van der Waals surface area (Å²) in [6, 6.07) is 3.99. The Morgan fingerprint density at radius 1 is 0.792 bits per heavy atom. The molecule has 0 aliphatic heterocycles. The van der Waals surface area contributed by atoms with E-state index in [0.29, 0.717) is 0 Å². The van der Waals surface area contributed by atoms with Crippen LogP contribution >= 0.6 is 0 Å². The molecule has 9 heteroatoms. The van der Waals surface area contributed by atoms with E-state index >= 15 is 0 Å². The molecule has 0 aliphatic carbocycles. The van der Waals surface area contributed by atoms with Crippen LogP contribution in [0.25, 0.3) is 0 Å². The smallest absolute Gasteiger partial charge is 0.261 e. The minimum absolute atomic E-state index is 0.0276. The van der Waals surface area contributed by atoms with Crippen LogP contribution in [0.4, 0.5) is 27.6 Å². The van der Waals surface area contributed by atoms with Gasteiger partial charge >= 0.3 is 0 Å². The fraction of sp³-hybridized carbons (Fsp3) is 0.133. The molecule has 0 aliphatic rings. The first-order valence-electron chi connectivity index (χ1n) is 6.36. The van der Waals surface area contributed by atoms with Crippen molar-refractivity contribution in [1.29, 1.82) is 0 Å². The second-order valence-corrected chi connectivity index (χ2v) is 4.50. The van der Waals surface area contributed by atoms with Gasteiger partial charge in [-0.05, 0) is 0 Å². The predicted octanol–water partition coefficient (Wildman–Crippen LogP) is 3.65. The lowest BCUT2D eigenvalue weighted by molar-refractivity contribution is 0.101. The van der Waals surface area contributed by atoms with Crippen LogP contribution in [-0.2, 0) is 0 Å². The molecule has 0 bridgehead atoms. The summed E-state index contributed by atoms with van der Waals surface area (Å²) in [5.41, 5.74) is -1.62. The molecule has 1 N–H and O–H groups in total. The molecule has 0 atom stereocenters. The molecule has 0 saturated heterocycles. The number of halogens is 5. The van der Waals surface area contributed by atoms with E-state index in [1.165, 1.54) is 32.4 Å². The van der Waals surface area contributed by atoms with Crippen molar-refractivity contribution in [3.8, 4) is 11.5 Å². The highest BCUT2D eigenvalue weighted by atomic mass is 19.2. The van der Waals surface area contributed by atoms with Crippen molar-refractivity contribution in [3.63, 3.8) is 0 Å². The molecule has 0 unspecified atom stereocenters. The minimum atomic E-state index is -2.34. The van der Waals surface area contributed by atoms with Gasteiger partial charge in [-0.15, -0.1) is 0 Å². The van der Waals surface area contributed by atoms with Crippen LogP contribution in [0.2, 0.25) is 0 Å². The molecule has 128 valence electrons. The van der Waals surface area contributed by atoms with Crippen molar-refractivity contribution in [1.82, 2.24) is 0 Å². The van der Waals surface area contributed by atoms with Gasteiger partial charge in [-0.3, -0.25) is 4.79 Å². The number of anilines is 1. The summed E-state index contributed by atoms with van der Waals surface area (Å²) in [4.78, 5) is 11.9. The van der Waals surface area contributed by atoms with Crippen LogP contribution < -0.4 is 14.8 Å². The summed E-state index contributed by atoms with van der Waals surface area (Å²) in [6.45, 7) is 0. The molecule has 0 aromatic heterocycles. The summed E-state index contributed by atoms with van der Waals surface area (Å²) in [6.07, 6.45) is 0. The van der Waals surface area contributed by atoms with E-state index in [4.69, 9.17) is 9.47 Å². The van der Waals surface area contributed by atoms with Gasteiger partial charge in [0.1, 0.15) is 17.1 Å². The van der Waals surface area contributed by atoms with Crippen molar-refractivity contribution in [2.45, 2.75) is 0 Å². The topological polar surface area (TPSA) is 47.6 Å². The summed E-state index contributed by atoms with van der Waals surface area (Å²) in [5, 5.41) is 2.03. The van der Waals surface area contributed by atoms with E-state index in [1.807, 2.05) is 5.32 Å². The Hall–Kier alpha value is -2.84. The first-order valence-corrected chi connectivity index (χ1v) is 6.36. The Bertz CT molecular complexity index is 759. The second-order valence-electron chi connectivity index (χ2n) is 4.50. The Kier molecular flexibility index (Phi) is 4.91. The molecule has 2 aromatic rings. The van der Waals surface area contributed by atoms with Gasteiger partial charge < -0.3 is 14.8 Å². The largest absolute Gasteiger partial charge is 0.497 e. The molecule has 4 nitrogen and oxygen atoms in total. The lowest BCUT2D eigenvalue weighted by atomic mass is 10.1. The standard InChI is InChI=1S/C15H10F5NO3/c1-23-7-3-6(4-8(5-7)24-2)21-15(22)9-10(16)12(18)14(20)13(19)11(9)17/h3-5H,1-2H3,(H,21,22). The molecule has 0 radical (unpaired) electrons. The zero-order chi connectivity index (χ0) is 18.0. The lowest BCUT2D eigenvalue weighted by Crippen LogP contribution is -2.19. The second kappa shape index (κ2) is 6.73. The molecule has 0 heterocycles. The number of benzene rings is 2. The SMILES string of the molecule is COc1cc(NC(=O)c2c(F)c(F)c(F)c(F)c2F)cc(OC)c1. The Balaban J connectivity index is 2.45. The zero-order valence-corrected chi connectivity index (χ0v) is 12.3. The van der Waals surface area contributed by atoms with E-state index in [0.717, 1.165) is 0 Å². The van der Waals surface area contributed by atoms with Crippen LogP contribution in [0.1, 0.15) is 10.4 Å². The first-order chi connectivity index (χ1) is 11.3. The quantitative estimate of drug-likeness (QED) is 0.522. The van der Waals surface area contributed by atoms with Gasteiger partial charge in [0.05, 0.1) is 14.2 Å². The fourth-order valence-electron chi connectivity index (χ4n) is 1.88. The highest BCUT2D eigenvalue weighted by Crippen LogP contribution is 2.28. The first kappa shape index (κ1) is 17.5. The highest BCUT2D eigenvalue weighted by molar-refractivity contribution is 6.04. The maximum absolute atomic E-state index is 13.6. The molecular formula is C15H10F5NO3. The summed E-state index contributed by atoms with van der Waals surface area (Å²) in [7, 11) is 2.65. The Morgan fingerprint density at radius 2 is 1.21 bits per heavy atom. The third-order valence-electron chi connectivity index (χ3n) is 3.05. The average Bonchev–Trinajstić information content (AvgIpc) is 2.57. The van der Waals surface area contributed by atoms with Gasteiger partial charge in [0, 0.05) is 23.9 Å². The van der Waals surface area contributed by atoms with Crippen molar-refractivity contribution in [2.75, 3.05) is 19.5 Å². The van der Waals surface area contributed by atoms with E-state index in [9.17, 15) is 26.7 Å². The van der Waals surface area contributed by atoms with Crippen LogP contribution in [0.3, 0.4) is 0 Å². The Morgan fingerprint density at radius 3 is 1.62 bits per heavy atom. The van der Waals surface area contributed by atoms with E-state index in [2.05, 4.69) is 0 Å². The third kappa shape index (κ3) is 3.10. The van der Waals surface area contributed by atoms with Crippen molar-refractivity contribution in [2.24, 2.45) is 0 Å². The van der Waals surface area contributed by atoms with Crippen molar-refractivity contribution >= 4 is 11.6 Å². The normalized spacial score (nSPS) is 10.5. The maximum Gasteiger partial charge on any atom is 0.261 e. The molecule has 0 spiro atoms.